The summed E-state index contributed by atoms with van der Waals surface area (Å²) in [5, 5.41) is 3.06. The molecule has 1 spiro atoms. The Labute approximate surface area is 128 Å². The van der Waals surface area contributed by atoms with Crippen molar-refractivity contribution >= 4 is 27.5 Å². The topological polar surface area (TPSA) is 32.3 Å². The molecule has 0 aromatic heterocycles. The van der Waals surface area contributed by atoms with Crippen molar-refractivity contribution in [3.8, 4) is 0 Å². The summed E-state index contributed by atoms with van der Waals surface area (Å²) in [5.74, 6) is 0.180. The van der Waals surface area contributed by atoms with Gasteiger partial charge in [-0.25, -0.2) is 0 Å². The van der Waals surface area contributed by atoms with E-state index in [2.05, 4.69) is 53.0 Å². The van der Waals surface area contributed by atoms with Crippen LogP contribution in [0.3, 0.4) is 0 Å². The van der Waals surface area contributed by atoms with Crippen LogP contribution in [0.2, 0.25) is 0 Å². The lowest BCUT2D eigenvalue weighted by Crippen LogP contribution is -2.52. The maximum atomic E-state index is 12.5. The van der Waals surface area contributed by atoms with Crippen LogP contribution >= 0.6 is 15.9 Å². The summed E-state index contributed by atoms with van der Waals surface area (Å²) in [7, 11) is 0. The summed E-state index contributed by atoms with van der Waals surface area (Å²) in [6.45, 7) is 8.68. The molecule has 0 atom stereocenters. The Bertz CT molecular complexity index is 554. The number of nitrogens with one attached hydrogen (secondary N) is 1. The van der Waals surface area contributed by atoms with E-state index >= 15 is 0 Å². The van der Waals surface area contributed by atoms with Crippen LogP contribution in [0.5, 0.6) is 0 Å². The molecule has 20 heavy (non-hydrogen) atoms. The van der Waals surface area contributed by atoms with E-state index in [4.69, 9.17) is 0 Å². The molecule has 0 saturated carbocycles. The molecule has 2 aliphatic rings. The van der Waals surface area contributed by atoms with Crippen LogP contribution in [-0.4, -0.2) is 29.4 Å². The van der Waals surface area contributed by atoms with Crippen molar-refractivity contribution in [1.29, 1.82) is 0 Å². The Morgan fingerprint density at radius 2 is 1.90 bits per heavy atom. The number of nitrogens with zero attached hydrogens (tertiary/aromatic N) is 1. The molecule has 0 aliphatic carbocycles. The van der Waals surface area contributed by atoms with Gasteiger partial charge in [0.15, 0.2) is 0 Å². The Morgan fingerprint density at radius 1 is 1.25 bits per heavy atom. The molecular formula is C16H21BrN2O. The van der Waals surface area contributed by atoms with E-state index in [1.807, 2.05) is 12.1 Å². The highest BCUT2D eigenvalue weighted by atomic mass is 79.9. The van der Waals surface area contributed by atoms with Gasteiger partial charge in [-0.1, -0.05) is 22.0 Å². The number of amides is 1. The number of hydrogen-bond donors (Lipinski definition) is 1. The molecule has 1 fully saturated rings. The van der Waals surface area contributed by atoms with Gasteiger partial charge in [0.05, 0.1) is 5.41 Å². The van der Waals surface area contributed by atoms with E-state index in [0.29, 0.717) is 0 Å². The second kappa shape index (κ2) is 4.57. The third kappa shape index (κ3) is 2.09. The smallest absolute Gasteiger partial charge is 0.235 e. The molecule has 1 aromatic carbocycles. The van der Waals surface area contributed by atoms with Crippen LogP contribution in [0.25, 0.3) is 0 Å². The van der Waals surface area contributed by atoms with E-state index in [1.165, 1.54) is 5.56 Å². The van der Waals surface area contributed by atoms with Crippen LogP contribution in [0.15, 0.2) is 22.7 Å². The minimum Gasteiger partial charge on any atom is -0.325 e. The summed E-state index contributed by atoms with van der Waals surface area (Å²) >= 11 is 3.47. The van der Waals surface area contributed by atoms with Gasteiger partial charge in [0.2, 0.25) is 5.91 Å². The maximum Gasteiger partial charge on any atom is 0.235 e. The molecule has 0 radical (unpaired) electrons. The fraction of sp³-hybridized carbons (Fsp3) is 0.562. The van der Waals surface area contributed by atoms with Crippen LogP contribution in [-0.2, 0) is 10.2 Å². The average Bonchev–Trinajstić information content (AvgIpc) is 2.61. The summed E-state index contributed by atoms with van der Waals surface area (Å²) in [5.41, 5.74) is 2.03. The van der Waals surface area contributed by atoms with E-state index < -0.39 is 0 Å². The molecule has 1 aromatic rings. The number of halogens is 1. The fourth-order valence-electron chi connectivity index (χ4n) is 3.46. The van der Waals surface area contributed by atoms with Gasteiger partial charge in [-0.2, -0.15) is 0 Å². The molecule has 2 aliphatic heterocycles. The highest BCUT2D eigenvalue weighted by Crippen LogP contribution is 2.46. The average molecular weight is 337 g/mol. The molecule has 3 rings (SSSR count). The van der Waals surface area contributed by atoms with E-state index in [0.717, 1.165) is 36.1 Å². The second-order valence-corrected chi connectivity index (χ2v) is 7.80. The Hall–Kier alpha value is -0.870. The van der Waals surface area contributed by atoms with E-state index in [1.54, 1.807) is 0 Å². The molecule has 1 amide bonds. The van der Waals surface area contributed by atoms with Crippen LogP contribution in [0, 0.1) is 0 Å². The monoisotopic (exact) mass is 336 g/mol. The predicted molar refractivity (Wildman–Crippen MR) is 85.0 cm³/mol. The maximum absolute atomic E-state index is 12.5. The van der Waals surface area contributed by atoms with Gasteiger partial charge < -0.3 is 5.32 Å². The van der Waals surface area contributed by atoms with Crippen LogP contribution < -0.4 is 5.32 Å². The van der Waals surface area contributed by atoms with Gasteiger partial charge in [0.25, 0.3) is 0 Å². The Balaban J connectivity index is 1.91. The molecule has 1 saturated heterocycles. The third-order valence-electron chi connectivity index (χ3n) is 4.75. The quantitative estimate of drug-likeness (QED) is 0.785. The predicted octanol–water partition coefficient (Wildman–Crippen LogP) is 3.53. The number of benzene rings is 1. The van der Waals surface area contributed by atoms with Gasteiger partial charge in [0.1, 0.15) is 0 Å². The fourth-order valence-corrected chi connectivity index (χ4v) is 3.82. The molecule has 3 nitrogen and oxygen atoms in total. The van der Waals surface area contributed by atoms with Gasteiger partial charge in [-0.15, -0.1) is 0 Å². The minimum absolute atomic E-state index is 0.180. The zero-order chi connectivity index (χ0) is 14.5. The number of rotatable bonds is 0. The van der Waals surface area contributed by atoms with Crippen molar-refractivity contribution in [1.82, 2.24) is 4.90 Å². The molecule has 1 N–H and O–H groups in total. The highest BCUT2D eigenvalue weighted by molar-refractivity contribution is 9.10. The highest BCUT2D eigenvalue weighted by Gasteiger charge is 2.49. The summed E-state index contributed by atoms with van der Waals surface area (Å²) in [6.07, 6.45) is 1.81. The molecule has 108 valence electrons. The van der Waals surface area contributed by atoms with Crippen molar-refractivity contribution in [2.45, 2.75) is 44.6 Å². The first-order valence-electron chi connectivity index (χ1n) is 7.19. The zero-order valence-corrected chi connectivity index (χ0v) is 13.9. The van der Waals surface area contributed by atoms with Gasteiger partial charge in [-0.3, -0.25) is 9.69 Å². The molecule has 0 bridgehead atoms. The lowest BCUT2D eigenvalue weighted by molar-refractivity contribution is -0.123. The number of piperidine rings is 1. The van der Waals surface area contributed by atoms with Crippen molar-refractivity contribution in [3.63, 3.8) is 0 Å². The second-order valence-electron chi connectivity index (χ2n) is 6.88. The number of likely N-dealkylation sites (tertiary alicyclic amines) is 1. The Morgan fingerprint density at radius 3 is 2.50 bits per heavy atom. The molecule has 4 heteroatoms. The number of carbonyl (C=O) groups excluding carboxylic acids is 1. The first-order valence-corrected chi connectivity index (χ1v) is 7.99. The van der Waals surface area contributed by atoms with Gasteiger partial charge in [0, 0.05) is 28.8 Å². The summed E-state index contributed by atoms with van der Waals surface area (Å²) < 4.78 is 1.01. The lowest BCUT2D eigenvalue weighted by atomic mass is 9.73. The van der Waals surface area contributed by atoms with Crippen LogP contribution in [0.4, 0.5) is 5.69 Å². The van der Waals surface area contributed by atoms with Crippen molar-refractivity contribution in [2.75, 3.05) is 18.4 Å². The SMILES string of the molecule is CC(C)(C)N1CCC2(CC1)C(=O)Nc1cc(Br)ccc12. The first kappa shape index (κ1) is 14.1. The van der Waals surface area contributed by atoms with Crippen LogP contribution in [0.1, 0.15) is 39.2 Å². The standard InChI is InChI=1S/C16H21BrN2O/c1-15(2,3)19-8-6-16(7-9-19)12-5-4-11(17)10-13(12)18-14(16)20/h4-5,10H,6-9H2,1-3H3,(H,18,20). The Kier molecular flexibility index (Phi) is 3.22. The zero-order valence-electron chi connectivity index (χ0n) is 12.3. The van der Waals surface area contributed by atoms with Crippen molar-refractivity contribution in [3.05, 3.63) is 28.2 Å². The summed E-state index contributed by atoms with van der Waals surface area (Å²) in [6, 6.07) is 6.15. The number of carbonyl (C=O) groups is 1. The minimum atomic E-state index is -0.308. The van der Waals surface area contributed by atoms with Gasteiger partial charge in [-0.05, 0) is 51.3 Å². The number of anilines is 1. The van der Waals surface area contributed by atoms with E-state index in [-0.39, 0.29) is 16.9 Å². The van der Waals surface area contributed by atoms with E-state index in [9.17, 15) is 4.79 Å². The van der Waals surface area contributed by atoms with Crippen molar-refractivity contribution in [2.24, 2.45) is 0 Å². The normalized spacial score (nSPS) is 21.9. The lowest BCUT2D eigenvalue weighted by Gasteiger charge is -2.44. The largest absolute Gasteiger partial charge is 0.325 e. The third-order valence-corrected chi connectivity index (χ3v) is 5.24. The number of fused-ring (bicyclic) bond motifs is 2. The van der Waals surface area contributed by atoms with Gasteiger partial charge >= 0.3 is 0 Å². The summed E-state index contributed by atoms with van der Waals surface area (Å²) in [4.78, 5) is 15.0. The number of hydrogen-bond acceptors (Lipinski definition) is 2. The molecule has 0 unspecified atom stereocenters. The van der Waals surface area contributed by atoms with Crippen molar-refractivity contribution < 1.29 is 4.79 Å². The molecule has 2 heterocycles. The first-order chi connectivity index (χ1) is 9.33. The molecular weight excluding hydrogens is 316 g/mol.